The zero-order valence-corrected chi connectivity index (χ0v) is 23.9. The molecule has 2 amide bonds. The number of halogens is 1. The Morgan fingerprint density at radius 3 is 2.08 bits per heavy atom. The number of sulfonamides is 1. The van der Waals surface area contributed by atoms with Gasteiger partial charge in [0.2, 0.25) is 11.8 Å². The molecule has 0 aromatic heterocycles. The van der Waals surface area contributed by atoms with Crippen LogP contribution >= 0.6 is 11.6 Å². The van der Waals surface area contributed by atoms with Gasteiger partial charge in [0.15, 0.2) is 0 Å². The Morgan fingerprint density at radius 2 is 1.53 bits per heavy atom. The fourth-order valence-corrected chi connectivity index (χ4v) is 5.60. The summed E-state index contributed by atoms with van der Waals surface area (Å²) in [6.07, 6.45) is 0. The van der Waals surface area contributed by atoms with Crippen molar-refractivity contribution in [2.45, 2.75) is 51.1 Å². The van der Waals surface area contributed by atoms with Gasteiger partial charge >= 0.3 is 0 Å². The van der Waals surface area contributed by atoms with E-state index in [0.29, 0.717) is 16.3 Å². The summed E-state index contributed by atoms with van der Waals surface area (Å²) in [4.78, 5) is 27.8. The monoisotopic (exact) mass is 555 g/mol. The molecule has 0 heterocycles. The molecule has 1 N–H and O–H groups in total. The molecule has 0 aliphatic heterocycles. The van der Waals surface area contributed by atoms with E-state index < -0.39 is 28.5 Å². The number of hydrogen-bond donors (Lipinski definition) is 1. The van der Waals surface area contributed by atoms with Gasteiger partial charge in [-0.25, -0.2) is 8.42 Å². The van der Waals surface area contributed by atoms with Crippen LogP contribution in [0.15, 0.2) is 77.7 Å². The van der Waals surface area contributed by atoms with E-state index in [2.05, 4.69) is 5.32 Å². The molecule has 3 aromatic carbocycles. The fraction of sp³-hybridized carbons (Fsp3) is 0.310. The van der Waals surface area contributed by atoms with Crippen molar-refractivity contribution in [1.82, 2.24) is 10.2 Å². The number of likely N-dealkylation sites (N-methyl/N-ethyl adjacent to an activating group) is 1. The van der Waals surface area contributed by atoms with Gasteiger partial charge in [0.1, 0.15) is 12.6 Å². The summed E-state index contributed by atoms with van der Waals surface area (Å²) in [6.45, 7) is 7.11. The molecule has 0 radical (unpaired) electrons. The summed E-state index contributed by atoms with van der Waals surface area (Å²) in [6, 6.07) is 19.8. The van der Waals surface area contributed by atoms with Crippen LogP contribution in [0, 0.1) is 6.92 Å². The van der Waals surface area contributed by atoms with Crippen molar-refractivity contribution < 1.29 is 18.0 Å². The van der Waals surface area contributed by atoms with Gasteiger partial charge in [-0.2, -0.15) is 0 Å². The third-order valence-corrected chi connectivity index (χ3v) is 8.60. The van der Waals surface area contributed by atoms with Crippen LogP contribution < -0.4 is 9.62 Å². The Morgan fingerprint density at radius 1 is 0.921 bits per heavy atom. The van der Waals surface area contributed by atoms with Crippen LogP contribution in [0.1, 0.15) is 43.4 Å². The standard InChI is InChI=1S/C29H34ClN3O4S/c1-20(2)23-12-14-25(15-13-23)33(38(36,37)26-16-10-21(3)11-17-26)19-28(34)32(22(4)29(35)31-5)18-24-8-6-7-9-27(24)30/h6-17,20,22H,18-19H2,1-5H3,(H,31,35). The average molecular weight is 556 g/mol. The number of carbonyl (C=O) groups excluding carboxylic acids is 2. The Bertz CT molecular complexity index is 1370. The van der Waals surface area contributed by atoms with E-state index in [1.807, 2.05) is 32.9 Å². The first-order valence-electron chi connectivity index (χ1n) is 12.4. The van der Waals surface area contributed by atoms with Crippen LogP contribution in [0.4, 0.5) is 5.69 Å². The van der Waals surface area contributed by atoms with Gasteiger partial charge in [0.05, 0.1) is 10.6 Å². The topological polar surface area (TPSA) is 86.8 Å². The maximum absolute atomic E-state index is 13.8. The number of hydrogen-bond acceptors (Lipinski definition) is 4. The van der Waals surface area contributed by atoms with Crippen LogP contribution in [0.3, 0.4) is 0 Å². The minimum atomic E-state index is -4.11. The molecule has 7 nitrogen and oxygen atoms in total. The van der Waals surface area contributed by atoms with Gasteiger partial charge in [-0.05, 0) is 61.2 Å². The molecule has 0 aliphatic carbocycles. The van der Waals surface area contributed by atoms with Crippen molar-refractivity contribution in [3.8, 4) is 0 Å². The highest BCUT2D eigenvalue weighted by Crippen LogP contribution is 2.27. The third-order valence-electron chi connectivity index (χ3n) is 6.45. The highest BCUT2D eigenvalue weighted by molar-refractivity contribution is 7.92. The normalized spacial score (nSPS) is 12.2. The van der Waals surface area contributed by atoms with Gasteiger partial charge in [-0.3, -0.25) is 13.9 Å². The fourth-order valence-electron chi connectivity index (χ4n) is 3.99. The first kappa shape index (κ1) is 29.2. The maximum atomic E-state index is 13.8. The van der Waals surface area contributed by atoms with Gasteiger partial charge in [0.25, 0.3) is 10.0 Å². The molecule has 202 valence electrons. The summed E-state index contributed by atoms with van der Waals surface area (Å²) >= 11 is 6.35. The van der Waals surface area contributed by atoms with E-state index in [9.17, 15) is 18.0 Å². The molecule has 1 unspecified atom stereocenters. The molecule has 0 aliphatic rings. The number of amides is 2. The summed E-state index contributed by atoms with van der Waals surface area (Å²) in [7, 11) is -2.62. The Balaban J connectivity index is 2.05. The van der Waals surface area contributed by atoms with Crippen molar-refractivity contribution in [2.75, 3.05) is 17.9 Å². The number of benzene rings is 3. The van der Waals surface area contributed by atoms with Crippen LogP contribution in [0.5, 0.6) is 0 Å². The first-order valence-corrected chi connectivity index (χ1v) is 14.2. The Labute approximate surface area is 230 Å². The van der Waals surface area contributed by atoms with Crippen LogP contribution in [0.2, 0.25) is 5.02 Å². The molecule has 1 atom stereocenters. The van der Waals surface area contributed by atoms with Gasteiger partial charge < -0.3 is 10.2 Å². The van der Waals surface area contributed by atoms with Crippen molar-refractivity contribution in [1.29, 1.82) is 0 Å². The highest BCUT2D eigenvalue weighted by Gasteiger charge is 2.32. The predicted octanol–water partition coefficient (Wildman–Crippen LogP) is 5.13. The molecule has 0 fully saturated rings. The lowest BCUT2D eigenvalue weighted by Crippen LogP contribution is -2.50. The highest BCUT2D eigenvalue weighted by atomic mass is 35.5. The summed E-state index contributed by atoms with van der Waals surface area (Å²) in [5.74, 6) is -0.656. The number of nitrogens with zero attached hydrogens (tertiary/aromatic N) is 2. The summed E-state index contributed by atoms with van der Waals surface area (Å²) in [5, 5.41) is 3.01. The Kier molecular flexibility index (Phi) is 9.57. The number of carbonyl (C=O) groups is 2. The molecule has 0 saturated heterocycles. The van der Waals surface area contributed by atoms with E-state index in [1.54, 1.807) is 55.5 Å². The quantitative estimate of drug-likeness (QED) is 0.376. The lowest BCUT2D eigenvalue weighted by Gasteiger charge is -2.32. The number of nitrogens with one attached hydrogen (secondary N) is 1. The molecule has 3 aromatic rings. The predicted molar refractivity (Wildman–Crippen MR) is 152 cm³/mol. The molecule has 0 saturated carbocycles. The van der Waals surface area contributed by atoms with Crippen LogP contribution in [-0.2, 0) is 26.2 Å². The molecule has 9 heteroatoms. The lowest BCUT2D eigenvalue weighted by atomic mass is 10.0. The largest absolute Gasteiger partial charge is 0.357 e. The van der Waals surface area contributed by atoms with E-state index in [4.69, 9.17) is 11.6 Å². The molecule has 0 spiro atoms. The zero-order valence-electron chi connectivity index (χ0n) is 22.3. The first-order chi connectivity index (χ1) is 17.9. The second kappa shape index (κ2) is 12.5. The maximum Gasteiger partial charge on any atom is 0.264 e. The second-order valence-corrected chi connectivity index (χ2v) is 11.7. The lowest BCUT2D eigenvalue weighted by molar-refractivity contribution is -0.139. The zero-order chi connectivity index (χ0) is 28.0. The SMILES string of the molecule is CNC(=O)C(C)N(Cc1ccccc1Cl)C(=O)CN(c1ccc(C(C)C)cc1)S(=O)(=O)c1ccc(C)cc1. The molecule has 38 heavy (non-hydrogen) atoms. The number of anilines is 1. The summed E-state index contributed by atoms with van der Waals surface area (Å²) in [5.41, 5.74) is 2.96. The number of rotatable bonds is 10. The molecule has 3 rings (SSSR count). The van der Waals surface area contributed by atoms with Crippen molar-refractivity contribution in [2.24, 2.45) is 0 Å². The molecule has 0 bridgehead atoms. The minimum absolute atomic E-state index is 0.0395. The van der Waals surface area contributed by atoms with Crippen molar-refractivity contribution in [3.63, 3.8) is 0 Å². The minimum Gasteiger partial charge on any atom is -0.357 e. The average Bonchev–Trinajstić information content (AvgIpc) is 2.90. The molecular weight excluding hydrogens is 522 g/mol. The van der Waals surface area contributed by atoms with Crippen LogP contribution in [-0.4, -0.2) is 44.8 Å². The summed E-state index contributed by atoms with van der Waals surface area (Å²) < 4.78 is 28.8. The molecular formula is C29H34ClN3O4S. The van der Waals surface area contributed by atoms with Crippen LogP contribution in [0.25, 0.3) is 0 Å². The van der Waals surface area contributed by atoms with Gasteiger partial charge in [0, 0.05) is 18.6 Å². The van der Waals surface area contributed by atoms with E-state index in [-0.39, 0.29) is 23.3 Å². The van der Waals surface area contributed by atoms with Gasteiger partial charge in [-0.15, -0.1) is 0 Å². The smallest absolute Gasteiger partial charge is 0.264 e. The van der Waals surface area contributed by atoms with E-state index in [1.165, 1.54) is 24.1 Å². The van der Waals surface area contributed by atoms with E-state index in [0.717, 1.165) is 15.4 Å². The van der Waals surface area contributed by atoms with Crippen molar-refractivity contribution >= 4 is 39.1 Å². The van der Waals surface area contributed by atoms with Gasteiger partial charge in [-0.1, -0.05) is 73.5 Å². The second-order valence-electron chi connectivity index (χ2n) is 9.47. The van der Waals surface area contributed by atoms with E-state index >= 15 is 0 Å². The number of aryl methyl sites for hydroxylation is 1. The Hall–Kier alpha value is -3.36. The third kappa shape index (κ3) is 6.74. The van der Waals surface area contributed by atoms with Crippen molar-refractivity contribution in [3.05, 3.63) is 94.5 Å².